The minimum Gasteiger partial charge on any atom is -0.313 e. The summed E-state index contributed by atoms with van der Waals surface area (Å²) < 4.78 is 12.1. The van der Waals surface area contributed by atoms with Gasteiger partial charge in [-0.1, -0.05) is 57.2 Å². The lowest BCUT2D eigenvalue weighted by molar-refractivity contribution is 0.536. The molecule has 0 aliphatic rings. The van der Waals surface area contributed by atoms with Crippen LogP contribution in [0.3, 0.4) is 0 Å². The molecule has 1 aromatic rings. The molecule has 0 heterocycles. The van der Waals surface area contributed by atoms with Crippen LogP contribution in [0.5, 0.6) is 0 Å². The van der Waals surface area contributed by atoms with E-state index >= 15 is 0 Å². The van der Waals surface area contributed by atoms with Crippen LogP contribution < -0.4 is 5.32 Å². The maximum absolute atomic E-state index is 12.1. The molecule has 0 saturated heterocycles. The first-order valence-corrected chi connectivity index (χ1v) is 9.22. The molecule has 114 valence electrons. The van der Waals surface area contributed by atoms with Crippen molar-refractivity contribution in [2.75, 3.05) is 12.3 Å². The third-order valence-electron chi connectivity index (χ3n) is 3.43. The van der Waals surface area contributed by atoms with Gasteiger partial charge >= 0.3 is 0 Å². The van der Waals surface area contributed by atoms with Crippen LogP contribution in [0.1, 0.15) is 52.4 Å². The molecule has 2 nitrogen and oxygen atoms in total. The fraction of sp³-hybridized carbons (Fsp3) is 0.647. The Kier molecular flexibility index (Phi) is 9.60. The van der Waals surface area contributed by atoms with Crippen LogP contribution in [0.2, 0.25) is 0 Å². The van der Waals surface area contributed by atoms with Crippen LogP contribution in [0.15, 0.2) is 35.2 Å². The third-order valence-corrected chi connectivity index (χ3v) is 5.03. The molecule has 0 bridgehead atoms. The van der Waals surface area contributed by atoms with E-state index in [4.69, 9.17) is 0 Å². The number of hydrogen-bond donors (Lipinski definition) is 1. The van der Waals surface area contributed by atoms with Crippen LogP contribution in [0.4, 0.5) is 0 Å². The molecule has 2 atom stereocenters. The van der Waals surface area contributed by atoms with Gasteiger partial charge in [0, 0.05) is 16.7 Å². The van der Waals surface area contributed by atoms with E-state index in [0.29, 0.717) is 11.8 Å². The molecular formula is C17H29NOS. The molecule has 0 unspecified atom stereocenters. The second-order valence-corrected chi connectivity index (χ2v) is 6.94. The Morgan fingerprint density at radius 2 is 1.70 bits per heavy atom. The molecule has 0 radical (unpaired) electrons. The molecule has 0 amide bonds. The molecule has 1 N–H and O–H groups in total. The van der Waals surface area contributed by atoms with Crippen LogP contribution in [-0.2, 0) is 10.8 Å². The predicted octanol–water partition coefficient (Wildman–Crippen LogP) is 4.13. The number of unbranched alkanes of at least 4 members (excludes halogenated alkanes) is 5. The largest absolute Gasteiger partial charge is 0.313 e. The summed E-state index contributed by atoms with van der Waals surface area (Å²) in [7, 11) is -0.888. The lowest BCUT2D eigenvalue weighted by Crippen LogP contribution is -2.32. The maximum Gasteiger partial charge on any atom is 0.0545 e. The Bertz CT molecular complexity index is 367. The summed E-state index contributed by atoms with van der Waals surface area (Å²) >= 11 is 0. The summed E-state index contributed by atoms with van der Waals surface area (Å²) in [6, 6.07) is 10.0. The van der Waals surface area contributed by atoms with Gasteiger partial charge in [-0.25, -0.2) is 0 Å². The zero-order valence-electron chi connectivity index (χ0n) is 12.9. The second kappa shape index (κ2) is 11.0. The van der Waals surface area contributed by atoms with Crippen molar-refractivity contribution in [2.45, 2.75) is 63.3 Å². The van der Waals surface area contributed by atoms with Crippen LogP contribution in [0.25, 0.3) is 0 Å². The van der Waals surface area contributed by atoms with E-state index in [0.717, 1.165) is 11.4 Å². The summed E-state index contributed by atoms with van der Waals surface area (Å²) in [6.07, 6.45) is 7.91. The first-order chi connectivity index (χ1) is 9.74. The van der Waals surface area contributed by atoms with Crippen molar-refractivity contribution in [1.29, 1.82) is 0 Å². The first kappa shape index (κ1) is 17.4. The standard InChI is InChI=1S/C17H29NOS/c1-3-4-5-6-7-11-14-18-16(2)15-20(19)17-12-9-8-10-13-17/h8-10,12-13,16,18H,3-7,11,14-15H2,1-2H3/t16-,20+/m0/s1. The van der Waals surface area contributed by atoms with Crippen LogP contribution in [-0.4, -0.2) is 22.5 Å². The highest BCUT2D eigenvalue weighted by molar-refractivity contribution is 7.85. The molecular weight excluding hydrogens is 266 g/mol. The van der Waals surface area contributed by atoms with Gasteiger partial charge in [-0.15, -0.1) is 0 Å². The lowest BCUT2D eigenvalue weighted by atomic mass is 10.1. The summed E-state index contributed by atoms with van der Waals surface area (Å²) in [5, 5.41) is 3.48. The Morgan fingerprint density at radius 3 is 2.40 bits per heavy atom. The highest BCUT2D eigenvalue weighted by atomic mass is 32.2. The van der Waals surface area contributed by atoms with E-state index < -0.39 is 10.8 Å². The molecule has 0 spiro atoms. The van der Waals surface area contributed by atoms with E-state index in [1.54, 1.807) is 0 Å². The summed E-state index contributed by atoms with van der Waals surface area (Å²) in [4.78, 5) is 0.931. The van der Waals surface area contributed by atoms with Crippen molar-refractivity contribution in [3.8, 4) is 0 Å². The number of rotatable bonds is 11. The average molecular weight is 295 g/mol. The van der Waals surface area contributed by atoms with Gasteiger partial charge in [-0.05, 0) is 32.0 Å². The number of benzene rings is 1. The van der Waals surface area contributed by atoms with Gasteiger partial charge in [-0.2, -0.15) is 0 Å². The molecule has 1 aromatic carbocycles. The Morgan fingerprint density at radius 1 is 1.05 bits per heavy atom. The van der Waals surface area contributed by atoms with Gasteiger partial charge < -0.3 is 5.32 Å². The SMILES string of the molecule is CCCCCCCCN[C@@H](C)C[S@@](=O)c1ccccc1. The molecule has 3 heteroatoms. The molecule has 1 rings (SSSR count). The van der Waals surface area contributed by atoms with Gasteiger partial charge in [0.05, 0.1) is 10.8 Å². The van der Waals surface area contributed by atoms with Crippen molar-refractivity contribution in [3.63, 3.8) is 0 Å². The lowest BCUT2D eigenvalue weighted by Gasteiger charge is -2.13. The second-order valence-electron chi connectivity index (χ2n) is 5.45. The Balaban J connectivity index is 2.08. The smallest absolute Gasteiger partial charge is 0.0545 e. The van der Waals surface area contributed by atoms with Crippen molar-refractivity contribution in [3.05, 3.63) is 30.3 Å². The fourth-order valence-corrected chi connectivity index (χ4v) is 3.43. The third kappa shape index (κ3) is 7.81. The van der Waals surface area contributed by atoms with Crippen LogP contribution in [0, 0.1) is 0 Å². The van der Waals surface area contributed by atoms with Gasteiger partial charge in [0.15, 0.2) is 0 Å². The van der Waals surface area contributed by atoms with E-state index in [-0.39, 0.29) is 0 Å². The molecule has 20 heavy (non-hydrogen) atoms. The topological polar surface area (TPSA) is 29.1 Å². The van der Waals surface area contributed by atoms with Gasteiger partial charge in [0.1, 0.15) is 0 Å². The Labute approximate surface area is 126 Å². The van der Waals surface area contributed by atoms with Crippen molar-refractivity contribution < 1.29 is 4.21 Å². The minimum absolute atomic E-state index is 0.312. The van der Waals surface area contributed by atoms with E-state index in [1.165, 1.54) is 38.5 Å². The highest BCUT2D eigenvalue weighted by Crippen LogP contribution is 2.07. The summed E-state index contributed by atoms with van der Waals surface area (Å²) in [6.45, 7) is 5.41. The average Bonchev–Trinajstić information content (AvgIpc) is 2.47. The maximum atomic E-state index is 12.1. The summed E-state index contributed by atoms with van der Waals surface area (Å²) in [5.74, 6) is 0.694. The van der Waals surface area contributed by atoms with Crippen molar-refractivity contribution in [1.82, 2.24) is 5.32 Å². The monoisotopic (exact) mass is 295 g/mol. The Hall–Kier alpha value is -0.670. The van der Waals surface area contributed by atoms with Crippen LogP contribution >= 0.6 is 0 Å². The normalized spacial score (nSPS) is 14.1. The number of nitrogens with one attached hydrogen (secondary N) is 1. The highest BCUT2D eigenvalue weighted by Gasteiger charge is 2.08. The molecule has 0 fully saturated rings. The fourth-order valence-electron chi connectivity index (χ4n) is 2.21. The first-order valence-electron chi connectivity index (χ1n) is 7.91. The van der Waals surface area contributed by atoms with Gasteiger partial charge in [-0.3, -0.25) is 4.21 Å². The summed E-state index contributed by atoms with van der Waals surface area (Å²) in [5.41, 5.74) is 0. The van der Waals surface area contributed by atoms with Crippen molar-refractivity contribution >= 4 is 10.8 Å². The zero-order chi connectivity index (χ0) is 14.6. The predicted molar refractivity (Wildman–Crippen MR) is 88.6 cm³/mol. The molecule has 0 aliphatic heterocycles. The van der Waals surface area contributed by atoms with E-state index in [2.05, 4.69) is 19.2 Å². The van der Waals surface area contributed by atoms with E-state index in [9.17, 15) is 4.21 Å². The zero-order valence-corrected chi connectivity index (χ0v) is 13.8. The minimum atomic E-state index is -0.888. The molecule has 0 saturated carbocycles. The quantitative estimate of drug-likeness (QED) is 0.622. The van der Waals surface area contributed by atoms with Gasteiger partial charge in [0.25, 0.3) is 0 Å². The molecule has 0 aromatic heterocycles. The molecule has 0 aliphatic carbocycles. The number of hydrogen-bond acceptors (Lipinski definition) is 2. The van der Waals surface area contributed by atoms with Gasteiger partial charge in [0.2, 0.25) is 0 Å². The van der Waals surface area contributed by atoms with E-state index in [1.807, 2.05) is 30.3 Å². The van der Waals surface area contributed by atoms with Crippen molar-refractivity contribution in [2.24, 2.45) is 0 Å².